The lowest BCUT2D eigenvalue weighted by Crippen LogP contribution is -2.45. The number of nitrogens with zero attached hydrogens (tertiary/aromatic N) is 1. The van der Waals surface area contributed by atoms with Crippen molar-refractivity contribution in [2.45, 2.75) is 25.7 Å². The summed E-state index contributed by atoms with van der Waals surface area (Å²) in [7, 11) is 0. The minimum absolute atomic E-state index is 0.0385. The summed E-state index contributed by atoms with van der Waals surface area (Å²) in [4.78, 5) is 24.4. The summed E-state index contributed by atoms with van der Waals surface area (Å²) in [5, 5.41) is 12.1. The second-order valence-corrected chi connectivity index (χ2v) is 5.09. The largest absolute Gasteiger partial charge is 0.481 e. The van der Waals surface area contributed by atoms with Gasteiger partial charge in [-0.2, -0.15) is 0 Å². The normalized spacial score (nSPS) is 24.7. The Balaban J connectivity index is 1.71. The summed E-state index contributed by atoms with van der Waals surface area (Å²) >= 11 is 0. The highest BCUT2D eigenvalue weighted by molar-refractivity contribution is 5.79. The van der Waals surface area contributed by atoms with Crippen molar-refractivity contribution < 1.29 is 14.7 Å². The zero-order valence-electron chi connectivity index (χ0n) is 10.0. The Morgan fingerprint density at radius 2 is 2.06 bits per heavy atom. The maximum atomic E-state index is 11.8. The molecule has 5 nitrogen and oxygen atoms in total. The van der Waals surface area contributed by atoms with E-state index in [9.17, 15) is 9.59 Å². The molecule has 1 amide bonds. The van der Waals surface area contributed by atoms with Gasteiger partial charge in [-0.25, -0.2) is 0 Å². The lowest BCUT2D eigenvalue weighted by atomic mass is 9.98. The number of likely N-dealkylation sites (tertiary alicyclic amines) is 1. The van der Waals surface area contributed by atoms with Crippen molar-refractivity contribution in [3.8, 4) is 0 Å². The third-order valence-electron chi connectivity index (χ3n) is 3.53. The lowest BCUT2D eigenvalue weighted by Gasteiger charge is -2.30. The van der Waals surface area contributed by atoms with Gasteiger partial charge in [0.25, 0.3) is 0 Å². The van der Waals surface area contributed by atoms with E-state index in [1.807, 2.05) is 0 Å². The van der Waals surface area contributed by atoms with Gasteiger partial charge in [-0.1, -0.05) is 0 Å². The monoisotopic (exact) mass is 240 g/mol. The minimum Gasteiger partial charge on any atom is -0.481 e. The van der Waals surface area contributed by atoms with Crippen molar-refractivity contribution >= 4 is 11.9 Å². The van der Waals surface area contributed by atoms with Crippen LogP contribution in [0.15, 0.2) is 0 Å². The van der Waals surface area contributed by atoms with E-state index in [2.05, 4.69) is 5.32 Å². The van der Waals surface area contributed by atoms with Crippen LogP contribution in [0, 0.1) is 11.8 Å². The standard InChI is InChI=1S/C12H20N2O3/c15-11(7-13-6-9-3-4-9)14-5-1-2-10(8-14)12(16)17/h9-10,13H,1-8H2,(H,16,17)/t10-/m0/s1. The molecule has 2 aliphatic rings. The van der Waals surface area contributed by atoms with Crippen LogP contribution in [0.3, 0.4) is 0 Å². The smallest absolute Gasteiger partial charge is 0.308 e. The number of amides is 1. The highest BCUT2D eigenvalue weighted by Gasteiger charge is 2.28. The fourth-order valence-corrected chi connectivity index (χ4v) is 2.22. The molecule has 1 aliphatic heterocycles. The summed E-state index contributed by atoms with van der Waals surface area (Å²) in [5.74, 6) is -0.364. The number of carboxylic acids is 1. The van der Waals surface area contributed by atoms with Gasteiger partial charge < -0.3 is 15.3 Å². The molecule has 1 aliphatic carbocycles. The van der Waals surface area contributed by atoms with Crippen molar-refractivity contribution in [3.63, 3.8) is 0 Å². The molecule has 17 heavy (non-hydrogen) atoms. The number of hydrogen-bond acceptors (Lipinski definition) is 3. The molecule has 0 aromatic carbocycles. The summed E-state index contributed by atoms with van der Waals surface area (Å²) in [6, 6.07) is 0. The van der Waals surface area contributed by atoms with Gasteiger partial charge >= 0.3 is 5.97 Å². The molecule has 0 unspecified atom stereocenters. The molecule has 1 atom stereocenters. The van der Waals surface area contributed by atoms with Crippen LogP contribution in [0.1, 0.15) is 25.7 Å². The van der Waals surface area contributed by atoms with Crippen LogP contribution in [0.25, 0.3) is 0 Å². The number of carbonyl (C=O) groups is 2. The second kappa shape index (κ2) is 5.49. The molecule has 0 bridgehead atoms. The van der Waals surface area contributed by atoms with Crippen molar-refractivity contribution in [2.75, 3.05) is 26.2 Å². The SMILES string of the molecule is O=C(O)[C@H]1CCCN(C(=O)CNCC2CC2)C1. The van der Waals surface area contributed by atoms with E-state index in [4.69, 9.17) is 5.11 Å². The Labute approximate surface area is 101 Å². The van der Waals surface area contributed by atoms with Crippen molar-refractivity contribution in [1.29, 1.82) is 0 Å². The van der Waals surface area contributed by atoms with E-state index in [0.717, 1.165) is 18.9 Å². The quantitative estimate of drug-likeness (QED) is 0.725. The number of hydrogen-bond donors (Lipinski definition) is 2. The van der Waals surface area contributed by atoms with E-state index in [1.165, 1.54) is 12.8 Å². The fraction of sp³-hybridized carbons (Fsp3) is 0.833. The van der Waals surface area contributed by atoms with Crippen LogP contribution in [0.4, 0.5) is 0 Å². The van der Waals surface area contributed by atoms with Crippen molar-refractivity contribution in [3.05, 3.63) is 0 Å². The Morgan fingerprint density at radius 3 is 2.71 bits per heavy atom. The molecule has 0 aromatic rings. The Hall–Kier alpha value is -1.10. The second-order valence-electron chi connectivity index (χ2n) is 5.09. The fourth-order valence-electron chi connectivity index (χ4n) is 2.22. The molecule has 0 aromatic heterocycles. The first-order chi connectivity index (χ1) is 8.16. The van der Waals surface area contributed by atoms with Gasteiger partial charge in [0.15, 0.2) is 0 Å². The van der Waals surface area contributed by atoms with E-state index in [-0.39, 0.29) is 11.8 Å². The van der Waals surface area contributed by atoms with Crippen LogP contribution in [0.2, 0.25) is 0 Å². The average Bonchev–Trinajstić information content (AvgIpc) is 3.13. The Bertz CT molecular complexity index is 302. The third kappa shape index (κ3) is 3.70. The van der Waals surface area contributed by atoms with E-state index < -0.39 is 5.97 Å². The predicted octanol–water partition coefficient (Wildman–Crippen LogP) is 0.309. The van der Waals surface area contributed by atoms with Gasteiger partial charge in [-0.3, -0.25) is 9.59 Å². The topological polar surface area (TPSA) is 69.6 Å². The zero-order chi connectivity index (χ0) is 12.3. The first-order valence-electron chi connectivity index (χ1n) is 6.38. The number of aliphatic carboxylic acids is 1. The van der Waals surface area contributed by atoms with Crippen LogP contribution < -0.4 is 5.32 Å². The maximum absolute atomic E-state index is 11.8. The van der Waals surface area contributed by atoms with Gasteiger partial charge in [-0.15, -0.1) is 0 Å². The third-order valence-corrected chi connectivity index (χ3v) is 3.53. The highest BCUT2D eigenvalue weighted by Crippen LogP contribution is 2.27. The molecule has 0 spiro atoms. The minimum atomic E-state index is -0.784. The van der Waals surface area contributed by atoms with Gasteiger partial charge in [0.05, 0.1) is 12.5 Å². The molecule has 5 heteroatoms. The van der Waals surface area contributed by atoms with Crippen LogP contribution in [-0.4, -0.2) is 48.1 Å². The molecular weight excluding hydrogens is 220 g/mol. The Morgan fingerprint density at radius 1 is 1.29 bits per heavy atom. The van der Waals surface area contributed by atoms with E-state index in [0.29, 0.717) is 26.1 Å². The molecule has 1 heterocycles. The molecule has 0 radical (unpaired) electrons. The first-order valence-corrected chi connectivity index (χ1v) is 6.38. The summed E-state index contributed by atoms with van der Waals surface area (Å²) in [5.41, 5.74) is 0. The average molecular weight is 240 g/mol. The number of carbonyl (C=O) groups excluding carboxylic acids is 1. The molecule has 1 saturated carbocycles. The predicted molar refractivity (Wildman–Crippen MR) is 62.5 cm³/mol. The van der Waals surface area contributed by atoms with E-state index >= 15 is 0 Å². The van der Waals surface area contributed by atoms with Gasteiger partial charge in [-0.05, 0) is 38.1 Å². The summed E-state index contributed by atoms with van der Waals surface area (Å²) in [6.07, 6.45) is 4.03. The van der Waals surface area contributed by atoms with Crippen molar-refractivity contribution in [1.82, 2.24) is 10.2 Å². The molecule has 2 fully saturated rings. The molecule has 2 N–H and O–H groups in total. The van der Waals surface area contributed by atoms with Gasteiger partial charge in [0.2, 0.25) is 5.91 Å². The number of piperidine rings is 1. The number of nitrogens with one attached hydrogen (secondary N) is 1. The number of rotatable bonds is 5. The van der Waals surface area contributed by atoms with Crippen LogP contribution in [-0.2, 0) is 9.59 Å². The highest BCUT2D eigenvalue weighted by atomic mass is 16.4. The lowest BCUT2D eigenvalue weighted by molar-refractivity contribution is -0.145. The maximum Gasteiger partial charge on any atom is 0.308 e. The summed E-state index contributed by atoms with van der Waals surface area (Å²) in [6.45, 7) is 2.35. The van der Waals surface area contributed by atoms with Gasteiger partial charge in [0.1, 0.15) is 0 Å². The first kappa shape index (κ1) is 12.4. The summed E-state index contributed by atoms with van der Waals surface area (Å²) < 4.78 is 0. The van der Waals surface area contributed by atoms with E-state index in [1.54, 1.807) is 4.90 Å². The number of carboxylic acid groups (broad SMARTS) is 1. The molecule has 1 saturated heterocycles. The Kier molecular flexibility index (Phi) is 3.99. The van der Waals surface area contributed by atoms with Crippen LogP contribution >= 0.6 is 0 Å². The molecule has 2 rings (SSSR count). The molecule has 96 valence electrons. The van der Waals surface area contributed by atoms with Crippen LogP contribution in [0.5, 0.6) is 0 Å². The molecular formula is C12H20N2O3. The zero-order valence-corrected chi connectivity index (χ0v) is 10.0. The van der Waals surface area contributed by atoms with Gasteiger partial charge in [0, 0.05) is 13.1 Å². The van der Waals surface area contributed by atoms with Crippen molar-refractivity contribution in [2.24, 2.45) is 11.8 Å².